The molecule has 0 saturated carbocycles. The summed E-state index contributed by atoms with van der Waals surface area (Å²) >= 11 is 1.67. The molecule has 0 heterocycles. The van der Waals surface area contributed by atoms with Crippen LogP contribution >= 0.6 is 11.8 Å². The molecule has 1 atom stereocenters. The maximum Gasteiger partial charge on any atom is 0.242 e. The summed E-state index contributed by atoms with van der Waals surface area (Å²) < 4.78 is 0. The van der Waals surface area contributed by atoms with Gasteiger partial charge in [0.05, 0.1) is 0 Å². The molecular formula is C24H32N2O2S. The summed E-state index contributed by atoms with van der Waals surface area (Å²) in [4.78, 5) is 28.8. The SMILES string of the molecule is CCCCNC(=O)[C@H](CC)N(Cc1ccccc1)C(=O)CCSc1ccccc1. The first-order valence-electron chi connectivity index (χ1n) is 10.4. The lowest BCUT2D eigenvalue weighted by Gasteiger charge is -2.30. The Labute approximate surface area is 179 Å². The maximum atomic E-state index is 13.1. The molecule has 0 fully saturated rings. The van der Waals surface area contributed by atoms with Crippen LogP contribution in [0, 0.1) is 0 Å². The number of amides is 2. The zero-order valence-corrected chi connectivity index (χ0v) is 18.3. The molecule has 1 N–H and O–H groups in total. The standard InChI is InChI=1S/C24H32N2O2S/c1-3-5-17-25-24(28)22(4-2)26(19-20-12-8-6-9-13-20)23(27)16-18-29-21-14-10-7-11-15-21/h6-15,22H,3-5,16-19H2,1-2H3,(H,25,28)/t22-/m0/s1. The highest BCUT2D eigenvalue weighted by Gasteiger charge is 2.28. The van der Waals surface area contributed by atoms with E-state index in [1.165, 1.54) is 0 Å². The number of carbonyl (C=O) groups excluding carboxylic acids is 2. The molecule has 0 aliphatic rings. The Bertz CT molecular complexity index is 737. The van der Waals surface area contributed by atoms with Crippen LogP contribution < -0.4 is 5.32 Å². The van der Waals surface area contributed by atoms with E-state index in [0.717, 1.165) is 23.3 Å². The Morgan fingerprint density at radius 1 is 1.00 bits per heavy atom. The molecular weight excluding hydrogens is 380 g/mol. The van der Waals surface area contributed by atoms with Crippen molar-refractivity contribution in [1.29, 1.82) is 0 Å². The molecule has 0 unspecified atom stereocenters. The molecule has 0 saturated heterocycles. The molecule has 2 rings (SSSR count). The third-order valence-electron chi connectivity index (χ3n) is 4.74. The Morgan fingerprint density at radius 3 is 2.28 bits per heavy atom. The Balaban J connectivity index is 2.05. The van der Waals surface area contributed by atoms with Gasteiger partial charge in [0.2, 0.25) is 11.8 Å². The minimum Gasteiger partial charge on any atom is -0.354 e. The van der Waals surface area contributed by atoms with E-state index in [0.29, 0.717) is 31.7 Å². The highest BCUT2D eigenvalue weighted by molar-refractivity contribution is 7.99. The molecule has 0 aliphatic heterocycles. The van der Waals surface area contributed by atoms with Crippen LogP contribution in [-0.4, -0.2) is 35.1 Å². The van der Waals surface area contributed by atoms with Crippen molar-refractivity contribution in [2.45, 2.75) is 57.0 Å². The number of thioether (sulfide) groups is 1. The monoisotopic (exact) mass is 412 g/mol. The molecule has 29 heavy (non-hydrogen) atoms. The predicted octanol–water partition coefficient (Wildman–Crippen LogP) is 4.89. The molecule has 2 aromatic carbocycles. The van der Waals surface area contributed by atoms with Gasteiger partial charge in [-0.05, 0) is 30.5 Å². The number of carbonyl (C=O) groups is 2. The maximum absolute atomic E-state index is 13.1. The number of nitrogens with zero attached hydrogens (tertiary/aromatic N) is 1. The van der Waals surface area contributed by atoms with Crippen molar-refractivity contribution in [2.24, 2.45) is 0 Å². The average Bonchev–Trinajstić information content (AvgIpc) is 2.75. The van der Waals surface area contributed by atoms with Gasteiger partial charge in [-0.2, -0.15) is 0 Å². The first-order valence-corrected chi connectivity index (χ1v) is 11.4. The zero-order chi connectivity index (χ0) is 20.9. The van der Waals surface area contributed by atoms with Crippen LogP contribution in [0.5, 0.6) is 0 Å². The smallest absolute Gasteiger partial charge is 0.242 e. The lowest BCUT2D eigenvalue weighted by molar-refractivity contribution is -0.141. The summed E-state index contributed by atoms with van der Waals surface area (Å²) in [6.07, 6.45) is 2.98. The van der Waals surface area contributed by atoms with Gasteiger partial charge >= 0.3 is 0 Å². The Morgan fingerprint density at radius 2 is 1.66 bits per heavy atom. The van der Waals surface area contributed by atoms with Crippen molar-refractivity contribution in [2.75, 3.05) is 12.3 Å². The van der Waals surface area contributed by atoms with Gasteiger partial charge in [-0.15, -0.1) is 11.8 Å². The van der Waals surface area contributed by atoms with Gasteiger partial charge in [0.15, 0.2) is 0 Å². The van der Waals surface area contributed by atoms with Gasteiger partial charge < -0.3 is 10.2 Å². The van der Waals surface area contributed by atoms with Crippen LogP contribution in [0.2, 0.25) is 0 Å². The molecule has 4 nitrogen and oxygen atoms in total. The quantitative estimate of drug-likeness (QED) is 0.399. The molecule has 2 aromatic rings. The van der Waals surface area contributed by atoms with E-state index in [2.05, 4.69) is 12.2 Å². The topological polar surface area (TPSA) is 49.4 Å². The van der Waals surface area contributed by atoms with Gasteiger partial charge in [0, 0.05) is 30.2 Å². The first-order chi connectivity index (χ1) is 14.2. The van der Waals surface area contributed by atoms with Crippen molar-refractivity contribution in [3.8, 4) is 0 Å². The van der Waals surface area contributed by atoms with Gasteiger partial charge in [-0.1, -0.05) is 68.8 Å². The van der Waals surface area contributed by atoms with Crippen molar-refractivity contribution in [3.05, 3.63) is 66.2 Å². The fraction of sp³-hybridized carbons (Fsp3) is 0.417. The average molecular weight is 413 g/mol. The first kappa shape index (κ1) is 23.0. The fourth-order valence-corrected chi connectivity index (χ4v) is 3.98. The molecule has 5 heteroatoms. The number of nitrogens with one attached hydrogen (secondary N) is 1. The van der Waals surface area contributed by atoms with Crippen molar-refractivity contribution < 1.29 is 9.59 Å². The largest absolute Gasteiger partial charge is 0.354 e. The normalized spacial score (nSPS) is 11.7. The van der Waals surface area contributed by atoms with Crippen LogP contribution in [0.25, 0.3) is 0 Å². The van der Waals surface area contributed by atoms with E-state index in [4.69, 9.17) is 0 Å². The third-order valence-corrected chi connectivity index (χ3v) is 5.75. The number of rotatable bonds is 12. The molecule has 0 bridgehead atoms. The third kappa shape index (κ3) is 7.94. The summed E-state index contributed by atoms with van der Waals surface area (Å²) in [5.74, 6) is 0.665. The van der Waals surface area contributed by atoms with E-state index < -0.39 is 6.04 Å². The van der Waals surface area contributed by atoms with Crippen LogP contribution in [0.1, 0.15) is 45.1 Å². The van der Waals surface area contributed by atoms with Crippen molar-refractivity contribution in [3.63, 3.8) is 0 Å². The van der Waals surface area contributed by atoms with Gasteiger partial charge in [0.1, 0.15) is 6.04 Å². The van der Waals surface area contributed by atoms with Crippen LogP contribution in [-0.2, 0) is 16.1 Å². The van der Waals surface area contributed by atoms with Gasteiger partial charge in [-0.3, -0.25) is 9.59 Å². The van der Waals surface area contributed by atoms with Gasteiger partial charge in [0.25, 0.3) is 0 Å². The molecule has 2 amide bonds. The number of benzene rings is 2. The second-order valence-electron chi connectivity index (χ2n) is 6.99. The summed E-state index contributed by atoms with van der Waals surface area (Å²) in [7, 11) is 0. The summed E-state index contributed by atoms with van der Waals surface area (Å²) in [5.41, 5.74) is 1.04. The Kier molecular flexibility index (Phi) is 10.4. The molecule has 0 aliphatic carbocycles. The minimum atomic E-state index is -0.443. The number of hydrogen-bond acceptors (Lipinski definition) is 3. The summed E-state index contributed by atoms with van der Waals surface area (Å²) in [6, 6.07) is 19.5. The highest BCUT2D eigenvalue weighted by Crippen LogP contribution is 2.20. The summed E-state index contributed by atoms with van der Waals surface area (Å²) in [5, 5.41) is 3.00. The van der Waals surface area contributed by atoms with Crippen LogP contribution in [0.15, 0.2) is 65.6 Å². The molecule has 156 valence electrons. The second kappa shape index (κ2) is 13.0. The summed E-state index contributed by atoms with van der Waals surface area (Å²) in [6.45, 7) is 5.17. The predicted molar refractivity (Wildman–Crippen MR) is 121 cm³/mol. The van der Waals surface area contributed by atoms with E-state index >= 15 is 0 Å². The second-order valence-corrected chi connectivity index (χ2v) is 8.16. The van der Waals surface area contributed by atoms with Crippen LogP contribution in [0.3, 0.4) is 0 Å². The fourth-order valence-electron chi connectivity index (χ4n) is 3.12. The van der Waals surface area contributed by atoms with E-state index in [-0.39, 0.29) is 11.8 Å². The lowest BCUT2D eigenvalue weighted by atomic mass is 10.1. The number of unbranched alkanes of at least 4 members (excludes halogenated alkanes) is 1. The lowest BCUT2D eigenvalue weighted by Crippen LogP contribution is -2.49. The molecule has 0 aromatic heterocycles. The molecule has 0 radical (unpaired) electrons. The minimum absolute atomic E-state index is 0.0229. The van der Waals surface area contributed by atoms with E-state index in [9.17, 15) is 9.59 Å². The van der Waals surface area contributed by atoms with Crippen molar-refractivity contribution in [1.82, 2.24) is 10.2 Å². The highest BCUT2D eigenvalue weighted by atomic mass is 32.2. The zero-order valence-electron chi connectivity index (χ0n) is 17.5. The van der Waals surface area contributed by atoms with Crippen molar-refractivity contribution >= 4 is 23.6 Å². The van der Waals surface area contributed by atoms with E-state index in [1.807, 2.05) is 67.6 Å². The van der Waals surface area contributed by atoms with E-state index in [1.54, 1.807) is 16.7 Å². The van der Waals surface area contributed by atoms with Gasteiger partial charge in [-0.25, -0.2) is 0 Å². The molecule has 0 spiro atoms. The number of hydrogen-bond donors (Lipinski definition) is 1. The Hall–Kier alpha value is -2.27. The van der Waals surface area contributed by atoms with Crippen LogP contribution in [0.4, 0.5) is 0 Å².